The van der Waals surface area contributed by atoms with Crippen molar-refractivity contribution in [3.63, 3.8) is 0 Å². The van der Waals surface area contributed by atoms with Crippen LogP contribution < -0.4 is 5.32 Å². The fourth-order valence-electron chi connectivity index (χ4n) is 2.91. The number of alkyl halides is 3. The van der Waals surface area contributed by atoms with Crippen LogP contribution in [0.1, 0.15) is 19.0 Å². The van der Waals surface area contributed by atoms with Crippen LogP contribution in [-0.4, -0.2) is 62.1 Å². The molecule has 6 nitrogen and oxygen atoms in total. The number of fused-ring (bicyclic) bond motifs is 1. The van der Waals surface area contributed by atoms with E-state index >= 15 is 0 Å². The van der Waals surface area contributed by atoms with Gasteiger partial charge in [0.1, 0.15) is 5.82 Å². The summed E-state index contributed by atoms with van der Waals surface area (Å²) in [4.78, 5) is 5.91. The highest BCUT2D eigenvalue weighted by atomic mass is 19.4. The number of rotatable bonds is 4. The third-order valence-corrected chi connectivity index (χ3v) is 4.21. The third kappa shape index (κ3) is 3.46. The summed E-state index contributed by atoms with van der Waals surface area (Å²) < 4.78 is 40.0. The van der Waals surface area contributed by atoms with Crippen molar-refractivity contribution < 1.29 is 18.3 Å². The molecule has 2 aromatic heterocycles. The number of likely N-dealkylation sites (tertiary alicyclic amines) is 1. The van der Waals surface area contributed by atoms with Crippen molar-refractivity contribution in [2.24, 2.45) is 0 Å². The molecule has 2 aromatic rings. The SMILES string of the molecule is Cc1cn2nc(N[C@H]3CCN(C[C@](C)(O)C(F)(F)F)C3)ccc2n1. The van der Waals surface area contributed by atoms with Crippen molar-refractivity contribution in [3.8, 4) is 0 Å². The lowest BCUT2D eigenvalue weighted by Gasteiger charge is -2.30. The van der Waals surface area contributed by atoms with E-state index in [1.807, 2.05) is 19.2 Å². The van der Waals surface area contributed by atoms with E-state index in [1.165, 1.54) is 0 Å². The summed E-state index contributed by atoms with van der Waals surface area (Å²) in [6.45, 7) is 3.18. The number of nitrogens with one attached hydrogen (secondary N) is 1. The van der Waals surface area contributed by atoms with Crippen LogP contribution >= 0.6 is 0 Å². The lowest BCUT2D eigenvalue weighted by atomic mass is 10.1. The Morgan fingerprint density at radius 2 is 2.12 bits per heavy atom. The predicted octanol–water partition coefficient (Wildman–Crippen LogP) is 1.84. The summed E-state index contributed by atoms with van der Waals surface area (Å²) in [6, 6.07) is 3.63. The molecule has 0 radical (unpaired) electrons. The van der Waals surface area contributed by atoms with E-state index in [0.29, 0.717) is 25.3 Å². The van der Waals surface area contributed by atoms with Gasteiger partial charge in [-0.05, 0) is 32.4 Å². The molecule has 9 heteroatoms. The maximum atomic E-state index is 12.8. The van der Waals surface area contributed by atoms with Crippen molar-refractivity contribution in [3.05, 3.63) is 24.0 Å². The first-order valence-electron chi connectivity index (χ1n) is 7.75. The van der Waals surface area contributed by atoms with Gasteiger partial charge in [0.2, 0.25) is 0 Å². The lowest BCUT2D eigenvalue weighted by molar-refractivity contribution is -0.256. The van der Waals surface area contributed by atoms with Crippen LogP contribution in [0.5, 0.6) is 0 Å². The molecule has 0 saturated carbocycles. The molecule has 0 aliphatic carbocycles. The first-order valence-corrected chi connectivity index (χ1v) is 7.75. The van der Waals surface area contributed by atoms with Crippen molar-refractivity contribution >= 4 is 11.5 Å². The Labute approximate surface area is 137 Å². The van der Waals surface area contributed by atoms with Crippen LogP contribution in [0.4, 0.5) is 19.0 Å². The average Bonchev–Trinajstić information content (AvgIpc) is 3.02. The van der Waals surface area contributed by atoms with Crippen LogP contribution in [-0.2, 0) is 0 Å². The molecule has 132 valence electrons. The van der Waals surface area contributed by atoms with E-state index in [4.69, 9.17) is 0 Å². The van der Waals surface area contributed by atoms with Gasteiger partial charge >= 0.3 is 6.18 Å². The number of imidazole rings is 1. The van der Waals surface area contributed by atoms with Gasteiger partial charge in [-0.25, -0.2) is 9.50 Å². The zero-order valence-electron chi connectivity index (χ0n) is 13.5. The number of halogens is 3. The monoisotopic (exact) mass is 343 g/mol. The molecule has 1 aliphatic heterocycles. The summed E-state index contributed by atoms with van der Waals surface area (Å²) in [5.74, 6) is 0.648. The standard InChI is InChI=1S/C15H20F3N5O/c1-10-7-23-13(19-10)4-3-12(21-23)20-11-5-6-22(8-11)9-14(2,24)15(16,17)18/h3-4,7,11,24H,5-6,8-9H2,1-2H3,(H,20,21)/t11-,14-/m0/s1. The Bertz CT molecular complexity index is 727. The summed E-state index contributed by atoms with van der Waals surface area (Å²) >= 11 is 0. The molecule has 0 amide bonds. The van der Waals surface area contributed by atoms with Crippen molar-refractivity contribution in [2.45, 2.75) is 38.1 Å². The summed E-state index contributed by atoms with van der Waals surface area (Å²) in [5.41, 5.74) is -1.10. The van der Waals surface area contributed by atoms with Gasteiger partial charge in [0.05, 0.1) is 11.9 Å². The maximum Gasteiger partial charge on any atom is 0.418 e. The molecule has 0 spiro atoms. The highest BCUT2D eigenvalue weighted by molar-refractivity contribution is 5.45. The van der Waals surface area contributed by atoms with Gasteiger partial charge in [-0.1, -0.05) is 0 Å². The minimum Gasteiger partial charge on any atom is -0.380 e. The number of anilines is 1. The Kier molecular flexibility index (Phi) is 4.16. The zero-order valence-corrected chi connectivity index (χ0v) is 13.5. The second-order valence-electron chi connectivity index (χ2n) is 6.54. The Morgan fingerprint density at radius 3 is 2.83 bits per heavy atom. The van der Waals surface area contributed by atoms with Gasteiger partial charge in [-0.3, -0.25) is 4.90 Å². The van der Waals surface area contributed by atoms with E-state index < -0.39 is 18.3 Å². The molecule has 0 unspecified atom stereocenters. The Balaban J connectivity index is 1.61. The summed E-state index contributed by atoms with van der Waals surface area (Å²) in [5, 5.41) is 17.2. The van der Waals surface area contributed by atoms with E-state index in [0.717, 1.165) is 18.3 Å². The fraction of sp³-hybridized carbons (Fsp3) is 0.600. The topological polar surface area (TPSA) is 65.7 Å². The van der Waals surface area contributed by atoms with Gasteiger partial charge < -0.3 is 10.4 Å². The molecule has 2 N–H and O–H groups in total. The molecule has 1 fully saturated rings. The molecule has 1 aliphatic rings. The van der Waals surface area contributed by atoms with Crippen molar-refractivity contribution in [1.82, 2.24) is 19.5 Å². The highest BCUT2D eigenvalue weighted by Gasteiger charge is 2.51. The third-order valence-electron chi connectivity index (χ3n) is 4.21. The molecule has 3 rings (SSSR count). The molecule has 24 heavy (non-hydrogen) atoms. The first-order chi connectivity index (χ1) is 11.1. The Morgan fingerprint density at radius 1 is 1.38 bits per heavy atom. The molecule has 0 aromatic carbocycles. The van der Waals surface area contributed by atoms with E-state index in [-0.39, 0.29) is 6.04 Å². The van der Waals surface area contributed by atoms with E-state index in [2.05, 4.69) is 15.4 Å². The quantitative estimate of drug-likeness (QED) is 0.887. The number of aromatic nitrogens is 3. The van der Waals surface area contributed by atoms with Gasteiger partial charge in [0.25, 0.3) is 0 Å². The van der Waals surface area contributed by atoms with Crippen molar-refractivity contribution in [2.75, 3.05) is 25.0 Å². The zero-order chi connectivity index (χ0) is 17.5. The minimum absolute atomic E-state index is 0.0106. The number of hydrogen-bond donors (Lipinski definition) is 2. The molecular formula is C15H20F3N5O. The number of nitrogens with zero attached hydrogens (tertiary/aromatic N) is 4. The van der Waals surface area contributed by atoms with Crippen LogP contribution in [0.3, 0.4) is 0 Å². The van der Waals surface area contributed by atoms with Gasteiger partial charge in [0, 0.05) is 25.7 Å². The second kappa shape index (κ2) is 5.89. The van der Waals surface area contributed by atoms with Gasteiger partial charge in [0.15, 0.2) is 11.2 Å². The maximum absolute atomic E-state index is 12.8. The normalized spacial score (nSPS) is 22.0. The number of β-amino-alcohol motifs (C(OH)–C–C–N with tert-alkyl or cyclic N) is 1. The second-order valence-corrected chi connectivity index (χ2v) is 6.54. The smallest absolute Gasteiger partial charge is 0.380 e. The summed E-state index contributed by atoms with van der Waals surface area (Å²) in [7, 11) is 0. The molecular weight excluding hydrogens is 323 g/mol. The van der Waals surface area contributed by atoms with Crippen LogP contribution in [0.2, 0.25) is 0 Å². The average molecular weight is 343 g/mol. The molecule has 1 saturated heterocycles. The van der Waals surface area contributed by atoms with Crippen LogP contribution in [0.15, 0.2) is 18.3 Å². The number of hydrogen-bond acceptors (Lipinski definition) is 5. The first kappa shape index (κ1) is 17.0. The van der Waals surface area contributed by atoms with Crippen LogP contribution in [0.25, 0.3) is 5.65 Å². The van der Waals surface area contributed by atoms with E-state index in [9.17, 15) is 18.3 Å². The minimum atomic E-state index is -4.63. The molecule has 3 heterocycles. The predicted molar refractivity (Wildman–Crippen MR) is 82.9 cm³/mol. The van der Waals surface area contributed by atoms with Gasteiger partial charge in [-0.15, -0.1) is 5.10 Å². The lowest BCUT2D eigenvalue weighted by Crippen LogP contribution is -2.51. The summed E-state index contributed by atoms with van der Waals surface area (Å²) in [6.07, 6.45) is -2.14. The highest BCUT2D eigenvalue weighted by Crippen LogP contribution is 2.31. The number of aryl methyl sites for hydroxylation is 1. The Hall–Kier alpha value is -1.87. The molecule has 2 atom stereocenters. The van der Waals surface area contributed by atoms with E-state index in [1.54, 1.807) is 15.5 Å². The largest absolute Gasteiger partial charge is 0.418 e. The number of aliphatic hydroxyl groups is 1. The van der Waals surface area contributed by atoms with Crippen molar-refractivity contribution in [1.29, 1.82) is 0 Å². The molecule has 0 bridgehead atoms. The van der Waals surface area contributed by atoms with Crippen LogP contribution in [0, 0.1) is 6.92 Å². The van der Waals surface area contributed by atoms with Gasteiger partial charge in [-0.2, -0.15) is 13.2 Å². The fourth-order valence-corrected chi connectivity index (χ4v) is 2.91.